The van der Waals surface area contributed by atoms with Crippen molar-refractivity contribution >= 4 is 13.7 Å². The molecule has 0 spiro atoms. The summed E-state index contributed by atoms with van der Waals surface area (Å²) in [5.74, 6) is -0.207. The maximum absolute atomic E-state index is 12.8. The van der Waals surface area contributed by atoms with Gasteiger partial charge < -0.3 is 28.8 Å². The summed E-state index contributed by atoms with van der Waals surface area (Å²) >= 11 is 0. The van der Waals surface area contributed by atoms with Gasteiger partial charge in [-0.2, -0.15) is 0 Å². The molecule has 2 N–H and O–H groups in total. The van der Waals surface area contributed by atoms with Gasteiger partial charge in [-0.15, -0.1) is 0 Å². The summed E-state index contributed by atoms with van der Waals surface area (Å²) in [4.78, 5) is 25.3. The Bertz CT molecular complexity index is 969. The van der Waals surface area contributed by atoms with Crippen LogP contribution in [0.2, 0.25) is 0 Å². The predicted octanol–water partition coefficient (Wildman–Crippen LogP) is 12.7. The van der Waals surface area contributed by atoms with E-state index in [0.717, 1.165) is 57.8 Å². The van der Waals surface area contributed by atoms with Crippen molar-refractivity contribution in [3.05, 3.63) is 24.3 Å². The van der Waals surface area contributed by atoms with Crippen molar-refractivity contribution in [3.63, 3.8) is 0 Å². The second-order valence-corrected chi connectivity index (χ2v) is 18.9. The van der Waals surface area contributed by atoms with Crippen LogP contribution in [0.15, 0.2) is 24.3 Å². The van der Waals surface area contributed by atoms with Crippen LogP contribution in [-0.2, 0) is 18.4 Å². The number of allylic oxidation sites excluding steroid dienone is 3. The van der Waals surface area contributed by atoms with Crippen molar-refractivity contribution in [3.8, 4) is 0 Å². The van der Waals surface area contributed by atoms with Crippen LogP contribution in [0, 0.1) is 0 Å². The summed E-state index contributed by atoms with van der Waals surface area (Å²) < 4.78 is 23.2. The molecule has 0 fully saturated rings. The number of phosphoric ester groups is 1. The normalized spacial score (nSPS) is 14.5. The zero-order valence-corrected chi connectivity index (χ0v) is 38.5. The fraction of sp³-hybridized carbons (Fsp3) is 0.894. The second-order valence-electron chi connectivity index (χ2n) is 17.5. The van der Waals surface area contributed by atoms with Crippen molar-refractivity contribution in [1.29, 1.82) is 0 Å². The van der Waals surface area contributed by atoms with Crippen LogP contribution >= 0.6 is 7.82 Å². The van der Waals surface area contributed by atoms with E-state index in [1.165, 1.54) is 141 Å². The molecule has 3 unspecified atom stereocenters. The lowest BCUT2D eigenvalue weighted by Gasteiger charge is -2.29. The van der Waals surface area contributed by atoms with E-state index in [-0.39, 0.29) is 19.1 Å². The highest BCUT2D eigenvalue weighted by molar-refractivity contribution is 7.45. The van der Waals surface area contributed by atoms with E-state index >= 15 is 0 Å². The molecule has 0 aliphatic carbocycles. The molecular formula is C47H93N2O6P. The van der Waals surface area contributed by atoms with Crippen molar-refractivity contribution in [2.75, 3.05) is 40.9 Å². The molecule has 56 heavy (non-hydrogen) atoms. The largest absolute Gasteiger partial charge is 0.756 e. The number of aliphatic hydroxyl groups excluding tert-OH is 1. The van der Waals surface area contributed by atoms with E-state index in [4.69, 9.17) is 9.05 Å². The van der Waals surface area contributed by atoms with Crippen LogP contribution in [0.4, 0.5) is 0 Å². The average molecular weight is 813 g/mol. The van der Waals surface area contributed by atoms with E-state index in [9.17, 15) is 19.4 Å². The summed E-state index contributed by atoms with van der Waals surface area (Å²) in [6, 6.07) is -0.887. The molecule has 0 saturated heterocycles. The molecular weight excluding hydrogens is 719 g/mol. The number of amides is 1. The van der Waals surface area contributed by atoms with Crippen LogP contribution in [-0.4, -0.2) is 68.5 Å². The summed E-state index contributed by atoms with van der Waals surface area (Å²) in [6.07, 6.45) is 46.6. The molecule has 0 heterocycles. The van der Waals surface area contributed by atoms with Crippen LogP contribution < -0.4 is 10.2 Å². The number of nitrogens with zero attached hydrogens (tertiary/aromatic N) is 1. The van der Waals surface area contributed by atoms with E-state index < -0.39 is 20.0 Å². The lowest BCUT2D eigenvalue weighted by molar-refractivity contribution is -0.870. The number of unbranched alkanes of at least 4 members (excludes halogenated alkanes) is 28. The van der Waals surface area contributed by atoms with Gasteiger partial charge in [-0.05, 0) is 38.5 Å². The van der Waals surface area contributed by atoms with Gasteiger partial charge in [-0.1, -0.05) is 199 Å². The Morgan fingerprint density at radius 1 is 0.607 bits per heavy atom. The Labute approximate surface area is 347 Å². The number of carbonyl (C=O) groups excluding carboxylic acids is 1. The van der Waals surface area contributed by atoms with Crippen molar-refractivity contribution < 1.29 is 32.9 Å². The molecule has 332 valence electrons. The van der Waals surface area contributed by atoms with Crippen molar-refractivity contribution in [2.24, 2.45) is 0 Å². The molecule has 3 atom stereocenters. The predicted molar refractivity (Wildman–Crippen MR) is 238 cm³/mol. The van der Waals surface area contributed by atoms with Gasteiger partial charge in [0.2, 0.25) is 5.91 Å². The molecule has 0 aromatic heterocycles. The molecule has 0 bridgehead atoms. The molecule has 0 rings (SSSR count). The fourth-order valence-corrected chi connectivity index (χ4v) is 7.56. The Balaban J connectivity index is 4.27. The van der Waals surface area contributed by atoms with Crippen LogP contribution in [0.3, 0.4) is 0 Å². The zero-order valence-electron chi connectivity index (χ0n) is 37.6. The Hall–Kier alpha value is -1.02. The Morgan fingerprint density at radius 3 is 1.45 bits per heavy atom. The Kier molecular flexibility index (Phi) is 38.7. The number of rotatable bonds is 43. The fourth-order valence-electron chi connectivity index (χ4n) is 6.84. The van der Waals surface area contributed by atoms with Gasteiger partial charge in [0.15, 0.2) is 0 Å². The molecule has 0 saturated carbocycles. The first kappa shape index (κ1) is 55.0. The van der Waals surface area contributed by atoms with Crippen molar-refractivity contribution in [2.45, 2.75) is 231 Å². The standard InChI is InChI=1S/C47H93N2O6P/c1-6-8-10-12-14-16-18-19-20-21-22-23-24-25-26-27-28-29-31-32-34-36-38-40-46(50)45(44-55-56(52,53)54-43-42-49(3,4)5)48-47(51)41-39-37-35-33-30-17-15-13-11-9-7-2/h13,15,38,40,45-46,50H,6-12,14,16-37,39,41-44H2,1-5H3,(H-,48,51,52,53)/b15-13-,40-38+. The lowest BCUT2D eigenvalue weighted by atomic mass is 10.0. The van der Waals surface area contributed by atoms with Crippen LogP contribution in [0.5, 0.6) is 0 Å². The first-order valence-electron chi connectivity index (χ1n) is 23.7. The smallest absolute Gasteiger partial charge is 0.268 e. The maximum Gasteiger partial charge on any atom is 0.268 e. The summed E-state index contributed by atoms with van der Waals surface area (Å²) in [7, 11) is 1.26. The highest BCUT2D eigenvalue weighted by Gasteiger charge is 2.23. The molecule has 0 aromatic carbocycles. The molecule has 9 heteroatoms. The number of nitrogens with one attached hydrogen (secondary N) is 1. The highest BCUT2D eigenvalue weighted by Crippen LogP contribution is 2.38. The highest BCUT2D eigenvalue weighted by atomic mass is 31.2. The lowest BCUT2D eigenvalue weighted by Crippen LogP contribution is -2.45. The number of phosphoric acid groups is 1. The minimum Gasteiger partial charge on any atom is -0.756 e. The third kappa shape index (κ3) is 41.2. The monoisotopic (exact) mass is 813 g/mol. The van der Waals surface area contributed by atoms with E-state index in [0.29, 0.717) is 17.4 Å². The second kappa shape index (κ2) is 39.4. The zero-order chi connectivity index (χ0) is 41.4. The molecule has 8 nitrogen and oxygen atoms in total. The summed E-state index contributed by atoms with van der Waals surface area (Å²) in [6.45, 7) is 4.61. The molecule has 1 amide bonds. The van der Waals surface area contributed by atoms with E-state index in [1.807, 2.05) is 27.2 Å². The van der Waals surface area contributed by atoms with Gasteiger partial charge in [-0.25, -0.2) is 0 Å². The minimum absolute atomic E-state index is 0.00158. The van der Waals surface area contributed by atoms with Crippen LogP contribution in [0.25, 0.3) is 0 Å². The van der Waals surface area contributed by atoms with E-state index in [1.54, 1.807) is 6.08 Å². The van der Waals surface area contributed by atoms with Crippen LogP contribution in [0.1, 0.15) is 219 Å². The summed E-state index contributed by atoms with van der Waals surface area (Å²) in [5.41, 5.74) is 0. The minimum atomic E-state index is -4.59. The van der Waals surface area contributed by atoms with Gasteiger partial charge in [0, 0.05) is 6.42 Å². The van der Waals surface area contributed by atoms with E-state index in [2.05, 4.69) is 31.3 Å². The third-order valence-electron chi connectivity index (χ3n) is 10.7. The first-order chi connectivity index (χ1) is 27.0. The topological polar surface area (TPSA) is 108 Å². The Morgan fingerprint density at radius 2 is 1.00 bits per heavy atom. The van der Waals surface area contributed by atoms with Gasteiger partial charge in [0.25, 0.3) is 7.82 Å². The van der Waals surface area contributed by atoms with Gasteiger partial charge >= 0.3 is 0 Å². The van der Waals surface area contributed by atoms with Gasteiger partial charge in [-0.3, -0.25) is 9.36 Å². The maximum atomic E-state index is 12.8. The number of quaternary nitrogens is 1. The molecule has 0 aliphatic heterocycles. The molecule has 0 aliphatic rings. The number of aliphatic hydroxyl groups is 1. The quantitative estimate of drug-likeness (QED) is 0.0275. The SMILES string of the molecule is CCCC/C=C\CCCCCCCC(=O)NC(COP(=O)([O-])OCC[N+](C)(C)C)C(O)/C=C/CCCCCCCCCCCCCCCCCCCCCCC. The van der Waals surface area contributed by atoms with Crippen molar-refractivity contribution in [1.82, 2.24) is 5.32 Å². The summed E-state index contributed by atoms with van der Waals surface area (Å²) in [5, 5.41) is 13.8. The average Bonchev–Trinajstić information content (AvgIpc) is 3.15. The van der Waals surface area contributed by atoms with Gasteiger partial charge in [0.1, 0.15) is 13.2 Å². The molecule has 0 aromatic rings. The number of carbonyl (C=O) groups is 1. The number of hydrogen-bond donors (Lipinski definition) is 2. The number of hydrogen-bond acceptors (Lipinski definition) is 6. The molecule has 0 radical (unpaired) electrons. The third-order valence-corrected chi connectivity index (χ3v) is 11.6. The van der Waals surface area contributed by atoms with Gasteiger partial charge in [0.05, 0.1) is 39.9 Å². The number of likely N-dealkylation sites (N-methyl/N-ethyl adjacent to an activating group) is 1. The first-order valence-corrected chi connectivity index (χ1v) is 25.2.